The van der Waals surface area contributed by atoms with Crippen LogP contribution in [0.4, 0.5) is 16.0 Å². The summed E-state index contributed by atoms with van der Waals surface area (Å²) in [6.45, 7) is 6.75. The van der Waals surface area contributed by atoms with Crippen LogP contribution in [0, 0.1) is 9.65 Å². The summed E-state index contributed by atoms with van der Waals surface area (Å²) in [5.41, 5.74) is 15.7. The van der Waals surface area contributed by atoms with Crippen molar-refractivity contribution in [1.82, 2.24) is 69.4 Å². The van der Waals surface area contributed by atoms with E-state index in [1.165, 1.54) is 24.7 Å². The van der Waals surface area contributed by atoms with Crippen molar-refractivity contribution < 1.29 is 67.2 Å². The Morgan fingerprint density at radius 2 is 0.868 bits per heavy atom. The van der Waals surface area contributed by atoms with Crippen LogP contribution in [0.5, 0.6) is 11.5 Å². The molecule has 12 aromatic rings. The van der Waals surface area contributed by atoms with Gasteiger partial charge in [0.05, 0.1) is 30.9 Å². The van der Waals surface area contributed by atoms with Crippen LogP contribution in [0.1, 0.15) is 94.9 Å². The van der Waals surface area contributed by atoms with Gasteiger partial charge in [-0.3, -0.25) is 29.5 Å². The zero-order valence-corrected chi connectivity index (χ0v) is 73.3. The molecule has 0 spiro atoms. The second kappa shape index (κ2) is 54.2. The Kier molecular flexibility index (Phi) is 43.2. The average Bonchev–Trinajstić information content (AvgIpc) is 1.47. The highest BCUT2D eigenvalue weighted by Gasteiger charge is 2.21. The molecule has 2 aliphatic heterocycles. The highest BCUT2D eigenvalue weighted by Crippen LogP contribution is 2.31. The van der Waals surface area contributed by atoms with Gasteiger partial charge in [-0.05, 0) is 240 Å². The van der Waals surface area contributed by atoms with Crippen molar-refractivity contribution in [3.8, 4) is 56.8 Å². The number of hydrogen-bond acceptors (Lipinski definition) is 26. The number of carbonyl (C=O) groups is 2. The Morgan fingerprint density at radius 1 is 0.471 bits per heavy atom. The molecular weight excluding hydrogens is 1790 g/mol. The van der Waals surface area contributed by atoms with Gasteiger partial charge in [-0.25, -0.2) is 19.9 Å². The van der Waals surface area contributed by atoms with Crippen molar-refractivity contribution in [3.05, 3.63) is 248 Å². The van der Waals surface area contributed by atoms with Crippen molar-refractivity contribution in [3.63, 3.8) is 0 Å². The number of nitrogens with zero attached hydrogens (tertiary/aromatic N) is 14. The molecular formula is C85H99B2Br2FIN17O13. The first-order valence-corrected chi connectivity index (χ1v) is 41.6. The maximum absolute atomic E-state index is 13.4. The van der Waals surface area contributed by atoms with E-state index in [0.717, 1.165) is 154 Å². The highest BCUT2D eigenvalue weighted by molar-refractivity contribution is 14.1. The number of nitrogens with one attached hydrogen (secondary N) is 2. The molecule has 0 saturated heterocycles. The minimum Gasteiger partial charge on any atom is -0.493 e. The van der Waals surface area contributed by atoms with Gasteiger partial charge >= 0.3 is 14.2 Å². The summed E-state index contributed by atoms with van der Waals surface area (Å²) >= 11 is 8.62. The quantitative estimate of drug-likeness (QED) is 0.0143. The van der Waals surface area contributed by atoms with E-state index in [0.29, 0.717) is 114 Å². The summed E-state index contributed by atoms with van der Waals surface area (Å²) in [6, 6.07) is 44.0. The van der Waals surface area contributed by atoms with Crippen LogP contribution in [0.2, 0.25) is 0 Å². The van der Waals surface area contributed by atoms with Crippen LogP contribution < -0.4 is 36.8 Å². The van der Waals surface area contributed by atoms with E-state index < -0.39 is 20.2 Å². The molecule has 0 fully saturated rings. The first kappa shape index (κ1) is 96.3. The van der Waals surface area contributed by atoms with E-state index in [-0.39, 0.29) is 11.8 Å². The standard InChI is InChI=1S/C27H28N6O3.C23H19IN6O2.2C9H14BNO3.C9H12BrNO.C5H3BrFN.C3H9NO/c1-35-14-5-6-21-11-9-20(17-28-21)19-10-12-24-22(16-19)27(34)31-25-8-4-7-23(30-25)26-32-29-18-33(26)13-2-3-15-36-24;24-20-9-7-16(13-25-20)15-6-8-19-17(12-15)23(31)28-21-5-3-4-18(27-21)22-29-26-14-30(22)10-1-2-11-32-19;2*1-14-6-2-3-9-5-4-8(7-11-9)10(12)13;1-12-6-2-3-9-5-4-8(10)7-11-9;6-4-1-2-5(7)8-3-4;1-5-3-2-4/h4,7-12,16-18H,2-3,5-6,13-15H2,1H3,(H,30,31,34);3-9,12-14H,1-2,10-11H2,(H,27,28,31);2*4-5,7,12-13H,2-3,6H2,1H3;4-5,7H,2-3,6H2,1H3;1-3H;2-4H2,1H3. The number of ether oxygens (including phenoxy) is 7. The number of anilines is 2. The predicted octanol–water partition coefficient (Wildman–Crippen LogP) is 11.5. The van der Waals surface area contributed by atoms with Gasteiger partial charge in [-0.2, -0.15) is 4.39 Å². The van der Waals surface area contributed by atoms with Crippen LogP contribution in [0.3, 0.4) is 0 Å². The first-order valence-electron chi connectivity index (χ1n) is 39.0. The van der Waals surface area contributed by atoms with Crippen molar-refractivity contribution in [2.75, 3.05) is 99.0 Å². The summed E-state index contributed by atoms with van der Waals surface area (Å²) in [7, 11) is 5.51. The second-order valence-corrected chi connectivity index (χ2v) is 29.6. The number of aromatic nitrogens is 14. The molecule has 636 valence electrons. The Morgan fingerprint density at radius 3 is 1.21 bits per heavy atom. The van der Waals surface area contributed by atoms with Crippen molar-refractivity contribution in [2.24, 2.45) is 5.73 Å². The topological polar surface area (TPSA) is 394 Å². The third kappa shape index (κ3) is 34.0. The molecule has 0 radical (unpaired) electrons. The van der Waals surface area contributed by atoms with Gasteiger partial charge in [0.15, 0.2) is 11.6 Å². The normalized spacial score (nSPS) is 12.0. The molecule has 4 bridgehead atoms. The van der Waals surface area contributed by atoms with Gasteiger partial charge in [0, 0.05) is 173 Å². The molecule has 2 amide bonds. The van der Waals surface area contributed by atoms with Gasteiger partial charge in [0.25, 0.3) is 11.8 Å². The number of fused-ring (bicyclic) bond motifs is 10. The SMILES string of the molecule is COCCCc1ccc(-c2ccc3c(c2)C(=O)Nc2cccc(n2)-c2nncn2CCCCO3)cn1.COCCCc1ccc(B(O)O)cn1.COCCCc1ccc(B(O)O)cn1.COCCCc1ccc(Br)cn1.COCCN.Fc1ccc(Br)cn1.O=C1Nc2cccc(n2)-c2nncn2CCCCOc2ccc(-c3ccc(I)nc3)cc21. The molecule has 0 atom stereocenters. The molecule has 12 heterocycles. The molecule has 0 unspecified atom stereocenters. The lowest BCUT2D eigenvalue weighted by atomic mass is 9.81. The summed E-state index contributed by atoms with van der Waals surface area (Å²) in [5.74, 6) is 2.27. The molecule has 0 aliphatic carbocycles. The number of hydrogen-bond donors (Lipinski definition) is 7. The number of carbonyl (C=O) groups excluding carboxylic acids is 2. The lowest BCUT2D eigenvalue weighted by Crippen LogP contribution is -2.30. The number of pyridine rings is 8. The molecule has 121 heavy (non-hydrogen) atoms. The van der Waals surface area contributed by atoms with Gasteiger partial charge in [-0.15, -0.1) is 20.4 Å². The van der Waals surface area contributed by atoms with E-state index >= 15 is 0 Å². The second-order valence-electron chi connectivity index (χ2n) is 26.7. The fourth-order valence-electron chi connectivity index (χ4n) is 11.4. The Bertz CT molecular complexity index is 4930. The van der Waals surface area contributed by atoms with Crippen LogP contribution in [-0.2, 0) is 62.5 Å². The molecule has 30 nitrogen and oxygen atoms in total. The Labute approximate surface area is 734 Å². The number of rotatable bonds is 22. The number of halogens is 4. The number of benzene rings is 2. The summed E-state index contributed by atoms with van der Waals surface area (Å²) in [4.78, 5) is 60.5. The highest BCUT2D eigenvalue weighted by atomic mass is 127. The minimum absolute atomic E-state index is 0.288. The van der Waals surface area contributed by atoms with Crippen molar-refractivity contribution in [2.45, 2.75) is 90.1 Å². The Balaban J connectivity index is 0.000000192. The van der Waals surface area contributed by atoms with Crippen molar-refractivity contribution in [1.29, 1.82) is 0 Å². The van der Waals surface area contributed by atoms with E-state index in [2.05, 4.69) is 130 Å². The van der Waals surface area contributed by atoms with Crippen LogP contribution in [-0.4, -0.2) is 204 Å². The lowest BCUT2D eigenvalue weighted by Gasteiger charge is -2.15. The zero-order valence-electron chi connectivity index (χ0n) is 68.0. The number of nitrogens with two attached hydrogens (primary N) is 1. The Hall–Kier alpha value is -10.2. The summed E-state index contributed by atoms with van der Waals surface area (Å²) in [6.07, 6.45) is 24.0. The van der Waals surface area contributed by atoms with Crippen LogP contribution >= 0.6 is 54.5 Å². The van der Waals surface area contributed by atoms with Crippen molar-refractivity contribution >= 4 is 103 Å². The van der Waals surface area contributed by atoms with E-state index in [1.54, 1.807) is 96.9 Å². The number of amides is 2. The zero-order chi connectivity index (χ0) is 86.4. The largest absolute Gasteiger partial charge is 0.493 e. The third-order valence-corrected chi connectivity index (χ3v) is 19.2. The molecule has 8 N–H and O–H groups in total. The van der Waals surface area contributed by atoms with E-state index in [1.807, 2.05) is 119 Å². The smallest absolute Gasteiger partial charge is 0.490 e. The minimum atomic E-state index is -1.43. The van der Waals surface area contributed by atoms with Gasteiger partial charge in [0.1, 0.15) is 50.9 Å². The summed E-state index contributed by atoms with van der Waals surface area (Å²) in [5, 5.41) is 57.6. The molecule has 14 rings (SSSR count). The van der Waals surface area contributed by atoms with E-state index in [4.69, 9.17) is 54.3 Å². The maximum Gasteiger partial charge on any atom is 0.490 e. The van der Waals surface area contributed by atoms with Crippen LogP contribution in [0.25, 0.3) is 45.3 Å². The monoisotopic (exact) mass is 1890 g/mol. The molecule has 0 saturated carbocycles. The number of aryl methyl sites for hydroxylation is 6. The first-order chi connectivity index (χ1) is 58.9. The molecule has 2 aromatic carbocycles. The maximum atomic E-state index is 13.4. The van der Waals surface area contributed by atoms with Gasteiger partial charge in [-0.1, -0.05) is 48.5 Å². The van der Waals surface area contributed by atoms with Crippen LogP contribution in [0.15, 0.2) is 204 Å². The number of methoxy groups -OCH3 is 5. The fourth-order valence-corrected chi connectivity index (χ4v) is 12.2. The van der Waals surface area contributed by atoms with E-state index in [9.17, 15) is 14.0 Å². The predicted molar refractivity (Wildman–Crippen MR) is 478 cm³/mol. The molecule has 2 aliphatic rings. The lowest BCUT2D eigenvalue weighted by molar-refractivity contribution is 0.101. The summed E-state index contributed by atoms with van der Waals surface area (Å²) < 4.78 is 55.1. The van der Waals surface area contributed by atoms with Gasteiger partial charge in [0.2, 0.25) is 5.95 Å². The molecule has 10 aromatic heterocycles. The average molecular weight is 1890 g/mol. The van der Waals surface area contributed by atoms with Gasteiger partial charge < -0.3 is 78.8 Å². The molecule has 36 heteroatoms. The third-order valence-electron chi connectivity index (χ3n) is 17.7. The fraction of sp³-hybridized carbons (Fsp3) is 0.318.